The molecule has 4 aromatic rings. The number of rotatable bonds is 8. The van der Waals surface area contributed by atoms with E-state index in [1.165, 1.54) is 18.2 Å². The van der Waals surface area contributed by atoms with Gasteiger partial charge in [-0.15, -0.1) is 0 Å². The van der Waals surface area contributed by atoms with Gasteiger partial charge < -0.3 is 19.9 Å². The molecule has 0 bridgehead atoms. The molecule has 4 rings (SSSR count). The zero-order valence-electron chi connectivity index (χ0n) is 18.0. The average Bonchev–Trinajstić information content (AvgIpc) is 3.14. The number of para-hydroxylation sites is 4. The highest BCUT2D eigenvalue weighted by Gasteiger charge is 2.14. The van der Waals surface area contributed by atoms with Crippen LogP contribution in [0.25, 0.3) is 11.0 Å². The van der Waals surface area contributed by atoms with E-state index in [0.717, 1.165) is 16.9 Å². The van der Waals surface area contributed by atoms with Crippen molar-refractivity contribution in [3.63, 3.8) is 0 Å². The largest absolute Gasteiger partial charge is 0.483 e. The summed E-state index contributed by atoms with van der Waals surface area (Å²) in [7, 11) is 0. The Balaban J connectivity index is 1.35. The first kappa shape index (κ1) is 22.0. The van der Waals surface area contributed by atoms with Gasteiger partial charge in [0.1, 0.15) is 17.4 Å². The Labute approximate surface area is 190 Å². The maximum atomic E-state index is 13.7. The number of ether oxygens (including phenoxy) is 1. The van der Waals surface area contributed by atoms with E-state index >= 15 is 0 Å². The molecule has 33 heavy (non-hydrogen) atoms. The van der Waals surface area contributed by atoms with E-state index in [9.17, 15) is 14.0 Å². The quantitative estimate of drug-likeness (QED) is 0.430. The molecule has 0 aliphatic heterocycles. The Kier molecular flexibility index (Phi) is 6.64. The molecule has 2 amide bonds. The second-order valence-electron chi connectivity index (χ2n) is 7.37. The number of nitrogens with zero attached hydrogens (tertiary/aromatic N) is 2. The van der Waals surface area contributed by atoms with E-state index in [0.29, 0.717) is 18.7 Å². The van der Waals surface area contributed by atoms with Crippen LogP contribution in [0.5, 0.6) is 5.75 Å². The molecule has 0 saturated carbocycles. The highest BCUT2D eigenvalue weighted by molar-refractivity contribution is 5.97. The maximum Gasteiger partial charge on any atom is 0.262 e. The van der Waals surface area contributed by atoms with Crippen molar-refractivity contribution >= 4 is 28.5 Å². The Morgan fingerprint density at radius 3 is 2.58 bits per heavy atom. The lowest BCUT2D eigenvalue weighted by molar-refractivity contribution is -0.118. The molecule has 1 aromatic heterocycles. The fourth-order valence-corrected chi connectivity index (χ4v) is 3.53. The lowest BCUT2D eigenvalue weighted by Crippen LogP contribution is -2.28. The molecule has 0 radical (unpaired) electrons. The summed E-state index contributed by atoms with van der Waals surface area (Å²) in [5.41, 5.74) is 2.30. The number of carbonyl (C=O) groups excluding carboxylic acids is 2. The molecule has 3 aromatic carbocycles. The molecule has 0 spiro atoms. The third kappa shape index (κ3) is 5.17. The number of imidazole rings is 1. The van der Waals surface area contributed by atoms with Gasteiger partial charge >= 0.3 is 0 Å². The number of fused-ring (bicyclic) bond motifs is 1. The standard InChI is InChI=1S/C25H23FN4O3/c1-17-28-21-11-5-6-12-22(21)30(17)15-14-27-25(32)18-8-2-7-13-23(18)33-16-24(31)29-20-10-4-3-9-19(20)26/h2-13H,14-16H2,1H3,(H,27,32)(H,29,31). The maximum absolute atomic E-state index is 13.7. The summed E-state index contributed by atoms with van der Waals surface area (Å²) in [5, 5.41) is 5.34. The normalized spacial score (nSPS) is 10.7. The molecule has 1 heterocycles. The van der Waals surface area contributed by atoms with E-state index in [-0.39, 0.29) is 24.0 Å². The zero-order chi connectivity index (χ0) is 23.2. The van der Waals surface area contributed by atoms with Crippen LogP contribution in [0.4, 0.5) is 10.1 Å². The van der Waals surface area contributed by atoms with Gasteiger partial charge in [-0.1, -0.05) is 36.4 Å². The van der Waals surface area contributed by atoms with Crippen molar-refractivity contribution < 1.29 is 18.7 Å². The van der Waals surface area contributed by atoms with Gasteiger partial charge in [-0.05, 0) is 43.3 Å². The third-order valence-electron chi connectivity index (χ3n) is 5.10. The number of aryl methyl sites for hydroxylation is 1. The number of benzene rings is 3. The van der Waals surface area contributed by atoms with Crippen LogP contribution in [-0.2, 0) is 11.3 Å². The summed E-state index contributed by atoms with van der Waals surface area (Å²) in [6, 6.07) is 20.4. The van der Waals surface area contributed by atoms with Gasteiger partial charge in [-0.25, -0.2) is 9.37 Å². The minimum absolute atomic E-state index is 0.0689. The van der Waals surface area contributed by atoms with Gasteiger partial charge in [-0.3, -0.25) is 9.59 Å². The molecule has 0 atom stereocenters. The highest BCUT2D eigenvalue weighted by Crippen LogP contribution is 2.19. The molecular weight excluding hydrogens is 423 g/mol. The summed E-state index contributed by atoms with van der Waals surface area (Å²) < 4.78 is 21.3. The van der Waals surface area contributed by atoms with Crippen molar-refractivity contribution in [2.45, 2.75) is 13.5 Å². The molecule has 0 saturated heterocycles. The minimum Gasteiger partial charge on any atom is -0.483 e. The summed E-state index contributed by atoms with van der Waals surface area (Å²) in [4.78, 5) is 29.4. The van der Waals surface area contributed by atoms with Crippen LogP contribution >= 0.6 is 0 Å². The van der Waals surface area contributed by atoms with E-state index in [1.807, 2.05) is 35.8 Å². The molecule has 0 aliphatic rings. The number of halogens is 1. The Hall–Kier alpha value is -4.20. The zero-order valence-corrected chi connectivity index (χ0v) is 18.0. The van der Waals surface area contributed by atoms with Crippen LogP contribution in [-0.4, -0.2) is 34.5 Å². The number of hydrogen-bond acceptors (Lipinski definition) is 4. The molecule has 0 fully saturated rings. The molecular formula is C25H23FN4O3. The summed E-state index contributed by atoms with van der Waals surface area (Å²) in [5.74, 6) is -0.246. The molecule has 0 unspecified atom stereocenters. The fourth-order valence-electron chi connectivity index (χ4n) is 3.53. The van der Waals surface area contributed by atoms with E-state index in [2.05, 4.69) is 15.6 Å². The summed E-state index contributed by atoms with van der Waals surface area (Å²) in [6.07, 6.45) is 0. The number of carbonyl (C=O) groups is 2. The number of aromatic nitrogens is 2. The first-order valence-electron chi connectivity index (χ1n) is 10.5. The SMILES string of the molecule is Cc1nc2ccccc2n1CCNC(=O)c1ccccc1OCC(=O)Nc1ccccc1F. The van der Waals surface area contributed by atoms with E-state index in [4.69, 9.17) is 4.74 Å². The lowest BCUT2D eigenvalue weighted by Gasteiger charge is -2.13. The van der Waals surface area contributed by atoms with Crippen molar-refractivity contribution in [2.75, 3.05) is 18.5 Å². The minimum atomic E-state index is -0.536. The smallest absolute Gasteiger partial charge is 0.262 e. The van der Waals surface area contributed by atoms with Crippen LogP contribution in [0.3, 0.4) is 0 Å². The monoisotopic (exact) mass is 446 g/mol. The summed E-state index contributed by atoms with van der Waals surface area (Å²) in [6.45, 7) is 2.52. The van der Waals surface area contributed by atoms with Crippen LogP contribution in [0, 0.1) is 12.7 Å². The third-order valence-corrected chi connectivity index (χ3v) is 5.10. The van der Waals surface area contributed by atoms with Gasteiger partial charge in [0.2, 0.25) is 0 Å². The fraction of sp³-hybridized carbons (Fsp3) is 0.160. The van der Waals surface area contributed by atoms with Crippen LogP contribution in [0.15, 0.2) is 72.8 Å². The van der Waals surface area contributed by atoms with Gasteiger partial charge in [-0.2, -0.15) is 0 Å². The molecule has 2 N–H and O–H groups in total. The van der Waals surface area contributed by atoms with Crippen molar-refractivity contribution in [2.24, 2.45) is 0 Å². The van der Waals surface area contributed by atoms with Crippen LogP contribution in [0.1, 0.15) is 16.2 Å². The van der Waals surface area contributed by atoms with Crippen molar-refractivity contribution in [3.8, 4) is 5.75 Å². The van der Waals surface area contributed by atoms with E-state index < -0.39 is 11.7 Å². The van der Waals surface area contributed by atoms with Crippen molar-refractivity contribution in [1.82, 2.24) is 14.9 Å². The molecule has 8 heteroatoms. The van der Waals surface area contributed by atoms with Crippen molar-refractivity contribution in [3.05, 3.63) is 90.0 Å². The predicted molar refractivity (Wildman–Crippen MR) is 124 cm³/mol. The number of hydrogen-bond donors (Lipinski definition) is 2. The Morgan fingerprint density at radius 1 is 1.00 bits per heavy atom. The lowest BCUT2D eigenvalue weighted by atomic mass is 10.2. The van der Waals surface area contributed by atoms with Crippen molar-refractivity contribution in [1.29, 1.82) is 0 Å². The first-order chi connectivity index (χ1) is 16.0. The second-order valence-corrected chi connectivity index (χ2v) is 7.37. The number of nitrogens with one attached hydrogen (secondary N) is 2. The predicted octanol–water partition coefficient (Wildman–Crippen LogP) is 3.93. The Bertz CT molecular complexity index is 1300. The van der Waals surface area contributed by atoms with E-state index in [1.54, 1.807) is 30.3 Å². The van der Waals surface area contributed by atoms with Crippen LogP contribution in [0.2, 0.25) is 0 Å². The van der Waals surface area contributed by atoms with Crippen LogP contribution < -0.4 is 15.4 Å². The van der Waals surface area contributed by atoms with Gasteiger partial charge in [0.15, 0.2) is 6.61 Å². The highest BCUT2D eigenvalue weighted by atomic mass is 19.1. The topological polar surface area (TPSA) is 85.2 Å². The molecule has 168 valence electrons. The number of amides is 2. The molecule has 0 aliphatic carbocycles. The van der Waals surface area contributed by atoms with Gasteiger partial charge in [0.25, 0.3) is 11.8 Å². The summed E-state index contributed by atoms with van der Waals surface area (Å²) >= 11 is 0. The first-order valence-corrected chi connectivity index (χ1v) is 10.5. The average molecular weight is 446 g/mol. The Morgan fingerprint density at radius 2 is 1.73 bits per heavy atom. The van der Waals surface area contributed by atoms with Gasteiger partial charge in [0.05, 0.1) is 22.3 Å². The van der Waals surface area contributed by atoms with Gasteiger partial charge in [0, 0.05) is 13.1 Å². The second kappa shape index (κ2) is 9.95. The molecule has 7 nitrogen and oxygen atoms in total. The number of anilines is 1.